The molecule has 0 fully saturated rings. The summed E-state index contributed by atoms with van der Waals surface area (Å²) in [4.78, 5) is 4.23. The van der Waals surface area contributed by atoms with E-state index in [9.17, 15) is 0 Å². The maximum absolute atomic E-state index is 8.75. The zero-order chi connectivity index (χ0) is 14.2. The second-order valence-corrected chi connectivity index (χ2v) is 5.16. The first-order valence-corrected chi connectivity index (χ1v) is 7.33. The molecule has 0 saturated carbocycles. The van der Waals surface area contributed by atoms with Crippen LogP contribution in [0.15, 0.2) is 34.9 Å². The minimum Gasteiger partial charge on any atom is -0.449 e. The monoisotopic (exact) mass is 289 g/mol. The number of aliphatic hydroxyl groups excluding tert-OH is 1. The summed E-state index contributed by atoms with van der Waals surface area (Å²) in [6.07, 6.45) is 1.75. The summed E-state index contributed by atoms with van der Waals surface area (Å²) in [5.41, 5.74) is 1.15. The fraction of sp³-hybridized carbons (Fsp3) is 0.286. The lowest BCUT2D eigenvalue weighted by Gasteiger charge is -2.06. The van der Waals surface area contributed by atoms with Crippen molar-refractivity contribution in [3.63, 3.8) is 0 Å². The Balaban J connectivity index is 1.89. The van der Waals surface area contributed by atoms with Gasteiger partial charge in [-0.3, -0.25) is 0 Å². The Labute approximate surface area is 121 Å². The van der Waals surface area contributed by atoms with Crippen LogP contribution >= 0.6 is 11.8 Å². The average Bonchev–Trinajstić information content (AvgIpc) is 2.94. The first-order valence-electron chi connectivity index (χ1n) is 6.18. The van der Waals surface area contributed by atoms with E-state index in [1.165, 1.54) is 0 Å². The number of hydrogen-bond acceptors (Lipinski definition) is 6. The number of furan rings is 1. The smallest absolute Gasteiger partial charge is 0.203 e. The third-order valence-corrected chi connectivity index (χ3v) is 3.55. The second kappa shape index (κ2) is 7.58. The number of nitriles is 1. The van der Waals surface area contributed by atoms with E-state index in [1.807, 2.05) is 18.2 Å². The van der Waals surface area contributed by atoms with Gasteiger partial charge < -0.3 is 14.8 Å². The molecule has 2 rings (SSSR count). The van der Waals surface area contributed by atoms with Crippen LogP contribution in [0.25, 0.3) is 0 Å². The predicted octanol–water partition coefficient (Wildman–Crippen LogP) is 2.38. The van der Waals surface area contributed by atoms with E-state index in [-0.39, 0.29) is 6.61 Å². The molecule has 0 aromatic carbocycles. The van der Waals surface area contributed by atoms with Crippen LogP contribution in [-0.2, 0) is 12.3 Å². The van der Waals surface area contributed by atoms with E-state index >= 15 is 0 Å². The third-order valence-electron chi connectivity index (χ3n) is 2.54. The molecule has 104 valence electrons. The SMILES string of the molecule is N#Cc1ccc(CNc2cc(CSCCO)ccn2)o1. The molecule has 20 heavy (non-hydrogen) atoms. The first kappa shape index (κ1) is 14.4. The molecule has 0 atom stereocenters. The lowest BCUT2D eigenvalue weighted by Crippen LogP contribution is -2.00. The van der Waals surface area contributed by atoms with Gasteiger partial charge in [0.1, 0.15) is 17.6 Å². The van der Waals surface area contributed by atoms with Gasteiger partial charge in [-0.2, -0.15) is 17.0 Å². The first-order chi connectivity index (χ1) is 9.81. The number of anilines is 1. The Morgan fingerprint density at radius 3 is 3.05 bits per heavy atom. The molecule has 0 bridgehead atoms. The molecule has 0 aliphatic carbocycles. The number of aromatic nitrogens is 1. The van der Waals surface area contributed by atoms with Crippen LogP contribution in [0.3, 0.4) is 0 Å². The van der Waals surface area contributed by atoms with E-state index in [0.29, 0.717) is 18.1 Å². The molecule has 0 unspecified atom stereocenters. The summed E-state index contributed by atoms with van der Waals surface area (Å²) in [7, 11) is 0. The number of pyridine rings is 1. The van der Waals surface area contributed by atoms with Gasteiger partial charge in [0.2, 0.25) is 5.76 Å². The summed E-state index contributed by atoms with van der Waals surface area (Å²) in [5.74, 6) is 3.35. The largest absolute Gasteiger partial charge is 0.449 e. The van der Waals surface area contributed by atoms with Crippen LogP contribution in [-0.4, -0.2) is 22.5 Å². The average molecular weight is 289 g/mol. The summed E-state index contributed by atoms with van der Waals surface area (Å²) >= 11 is 1.68. The molecule has 0 amide bonds. The highest BCUT2D eigenvalue weighted by Crippen LogP contribution is 2.15. The Kier molecular flexibility index (Phi) is 5.47. The molecule has 0 radical (unpaired) electrons. The van der Waals surface area contributed by atoms with Crippen LogP contribution in [0.2, 0.25) is 0 Å². The summed E-state index contributed by atoms with van der Waals surface area (Å²) in [6.45, 7) is 0.683. The van der Waals surface area contributed by atoms with Gasteiger partial charge >= 0.3 is 0 Å². The quantitative estimate of drug-likeness (QED) is 0.762. The third kappa shape index (κ3) is 4.30. The Hall–Kier alpha value is -1.97. The zero-order valence-corrected chi connectivity index (χ0v) is 11.7. The zero-order valence-electron chi connectivity index (χ0n) is 10.9. The van der Waals surface area contributed by atoms with Gasteiger partial charge in [-0.05, 0) is 29.8 Å². The molecule has 5 nitrogen and oxygen atoms in total. The van der Waals surface area contributed by atoms with Crippen molar-refractivity contribution in [2.24, 2.45) is 0 Å². The summed E-state index contributed by atoms with van der Waals surface area (Å²) in [6, 6.07) is 9.29. The fourth-order valence-electron chi connectivity index (χ4n) is 1.63. The lowest BCUT2D eigenvalue weighted by atomic mass is 10.3. The van der Waals surface area contributed by atoms with Crippen LogP contribution in [0.5, 0.6) is 0 Å². The van der Waals surface area contributed by atoms with Crippen molar-refractivity contribution in [1.82, 2.24) is 4.98 Å². The number of hydrogen-bond donors (Lipinski definition) is 2. The van der Waals surface area contributed by atoms with Gasteiger partial charge in [0.15, 0.2) is 0 Å². The second-order valence-electron chi connectivity index (χ2n) is 4.06. The van der Waals surface area contributed by atoms with Gasteiger partial charge in [-0.1, -0.05) is 0 Å². The standard InChI is InChI=1S/C14H15N3O2S/c15-8-12-1-2-13(19-12)9-17-14-7-11(3-4-16-14)10-20-6-5-18/h1-4,7,18H,5-6,9-10H2,(H,16,17). The van der Waals surface area contributed by atoms with Crippen LogP contribution in [0.4, 0.5) is 5.82 Å². The number of thioether (sulfide) groups is 1. The van der Waals surface area contributed by atoms with E-state index in [4.69, 9.17) is 14.8 Å². The molecular formula is C14H15N3O2S. The van der Waals surface area contributed by atoms with Crippen molar-refractivity contribution in [3.05, 3.63) is 47.5 Å². The van der Waals surface area contributed by atoms with Crippen molar-refractivity contribution in [2.45, 2.75) is 12.3 Å². The van der Waals surface area contributed by atoms with E-state index in [2.05, 4.69) is 10.3 Å². The molecule has 0 aliphatic rings. The van der Waals surface area contributed by atoms with Gasteiger partial charge in [-0.15, -0.1) is 0 Å². The van der Waals surface area contributed by atoms with Gasteiger partial charge in [0, 0.05) is 17.7 Å². The highest BCUT2D eigenvalue weighted by molar-refractivity contribution is 7.98. The molecule has 6 heteroatoms. The normalized spacial score (nSPS) is 10.2. The van der Waals surface area contributed by atoms with Crippen molar-refractivity contribution < 1.29 is 9.52 Å². The molecule has 2 N–H and O–H groups in total. The minimum absolute atomic E-state index is 0.195. The molecule has 2 heterocycles. The van der Waals surface area contributed by atoms with Crippen LogP contribution < -0.4 is 5.32 Å². The highest BCUT2D eigenvalue weighted by atomic mass is 32.2. The molecule has 2 aromatic rings. The van der Waals surface area contributed by atoms with Gasteiger partial charge in [0.05, 0.1) is 13.2 Å². The highest BCUT2D eigenvalue weighted by Gasteiger charge is 2.02. The predicted molar refractivity (Wildman–Crippen MR) is 78.2 cm³/mol. The Morgan fingerprint density at radius 1 is 1.40 bits per heavy atom. The molecule has 0 saturated heterocycles. The van der Waals surface area contributed by atoms with Crippen molar-refractivity contribution in [2.75, 3.05) is 17.7 Å². The minimum atomic E-state index is 0.195. The molecule has 0 aliphatic heterocycles. The van der Waals surface area contributed by atoms with Gasteiger partial charge in [-0.25, -0.2) is 4.98 Å². The summed E-state index contributed by atoms with van der Waals surface area (Å²) < 4.78 is 5.28. The number of rotatable bonds is 7. The van der Waals surface area contributed by atoms with E-state index in [1.54, 1.807) is 30.1 Å². The van der Waals surface area contributed by atoms with Crippen LogP contribution in [0.1, 0.15) is 17.1 Å². The Bertz CT molecular complexity index is 592. The summed E-state index contributed by atoms with van der Waals surface area (Å²) in [5, 5.41) is 20.6. The fourth-order valence-corrected chi connectivity index (χ4v) is 2.31. The van der Waals surface area contributed by atoms with Crippen LogP contribution in [0, 0.1) is 11.3 Å². The Morgan fingerprint density at radius 2 is 2.30 bits per heavy atom. The van der Waals surface area contributed by atoms with E-state index < -0.39 is 0 Å². The van der Waals surface area contributed by atoms with Crippen molar-refractivity contribution in [3.8, 4) is 6.07 Å². The molecule has 0 spiro atoms. The van der Waals surface area contributed by atoms with Crippen molar-refractivity contribution >= 4 is 17.6 Å². The van der Waals surface area contributed by atoms with Gasteiger partial charge in [0.25, 0.3) is 0 Å². The molecule has 2 aromatic heterocycles. The van der Waals surface area contributed by atoms with Crippen molar-refractivity contribution in [1.29, 1.82) is 5.26 Å². The number of nitrogens with zero attached hydrogens (tertiary/aromatic N) is 2. The number of aliphatic hydroxyl groups is 1. The van der Waals surface area contributed by atoms with E-state index in [0.717, 1.165) is 22.9 Å². The maximum atomic E-state index is 8.75. The lowest BCUT2D eigenvalue weighted by molar-refractivity contribution is 0.322. The maximum Gasteiger partial charge on any atom is 0.203 e. The number of nitrogens with one attached hydrogen (secondary N) is 1. The topological polar surface area (TPSA) is 82.1 Å². The molecular weight excluding hydrogens is 274 g/mol.